The van der Waals surface area contributed by atoms with Crippen LogP contribution in [0.4, 0.5) is 0 Å². The highest BCUT2D eigenvalue weighted by Gasteiger charge is 2.33. The van der Waals surface area contributed by atoms with Crippen LogP contribution in [0.2, 0.25) is 5.02 Å². The van der Waals surface area contributed by atoms with E-state index in [1.807, 2.05) is 42.5 Å². The number of hydrogen-bond donors (Lipinski definition) is 1. The van der Waals surface area contributed by atoms with Crippen molar-refractivity contribution in [3.63, 3.8) is 0 Å². The fraction of sp³-hybridized carbons (Fsp3) is 0.111. The topological polar surface area (TPSA) is 54.6 Å². The van der Waals surface area contributed by atoms with E-state index >= 15 is 0 Å². The zero-order valence-electron chi connectivity index (χ0n) is 17.5. The number of thiazole rings is 1. The number of aryl methyl sites for hydroxylation is 1. The summed E-state index contributed by atoms with van der Waals surface area (Å²) in [7, 11) is 0. The van der Waals surface area contributed by atoms with Gasteiger partial charge in [-0.1, -0.05) is 77.5 Å². The molecule has 1 N–H and O–H groups in total. The molecule has 1 atom stereocenters. The number of phenols is 1. The van der Waals surface area contributed by atoms with Crippen molar-refractivity contribution >= 4 is 34.7 Å². The first-order chi connectivity index (χ1) is 16.1. The van der Waals surface area contributed by atoms with Crippen LogP contribution in [0.15, 0.2) is 88.2 Å². The summed E-state index contributed by atoms with van der Waals surface area (Å²) in [5, 5.41) is 10.5. The second kappa shape index (κ2) is 7.87. The smallest absolute Gasteiger partial charge is 0.271 e. The predicted molar refractivity (Wildman–Crippen MR) is 132 cm³/mol. The van der Waals surface area contributed by atoms with Crippen LogP contribution in [-0.2, 0) is 6.42 Å². The zero-order valence-corrected chi connectivity index (χ0v) is 19.1. The van der Waals surface area contributed by atoms with E-state index in [4.69, 9.17) is 16.6 Å². The van der Waals surface area contributed by atoms with E-state index in [9.17, 15) is 9.90 Å². The van der Waals surface area contributed by atoms with Gasteiger partial charge in [0.15, 0.2) is 4.80 Å². The fourth-order valence-corrected chi connectivity index (χ4v) is 6.00. The van der Waals surface area contributed by atoms with Crippen LogP contribution < -0.4 is 14.9 Å². The second-order valence-electron chi connectivity index (χ2n) is 8.23. The highest BCUT2D eigenvalue weighted by Crippen LogP contribution is 2.42. The quantitative estimate of drug-likeness (QED) is 0.462. The largest absolute Gasteiger partial charge is 0.508 e. The molecule has 1 unspecified atom stereocenters. The summed E-state index contributed by atoms with van der Waals surface area (Å²) in [5.41, 5.74) is 6.05. The third kappa shape index (κ3) is 3.36. The molecule has 1 aromatic heterocycles. The van der Waals surface area contributed by atoms with E-state index in [0.29, 0.717) is 14.4 Å². The minimum Gasteiger partial charge on any atom is -0.508 e. The summed E-state index contributed by atoms with van der Waals surface area (Å²) in [4.78, 5) is 19.3. The molecule has 0 saturated heterocycles. The van der Waals surface area contributed by atoms with Gasteiger partial charge in [0.25, 0.3) is 5.56 Å². The second-order valence-corrected chi connectivity index (χ2v) is 9.65. The Hall–Kier alpha value is -3.41. The summed E-state index contributed by atoms with van der Waals surface area (Å²) in [6.45, 7) is 0. The molecule has 6 rings (SSSR count). The van der Waals surface area contributed by atoms with Gasteiger partial charge in [-0.2, -0.15) is 0 Å². The summed E-state index contributed by atoms with van der Waals surface area (Å²) >= 11 is 8.03. The molecule has 2 heterocycles. The van der Waals surface area contributed by atoms with E-state index in [1.54, 1.807) is 22.8 Å². The number of aromatic hydroxyl groups is 1. The Labute approximate surface area is 199 Å². The van der Waals surface area contributed by atoms with Crippen LogP contribution in [0, 0.1) is 0 Å². The molecular weight excluding hydrogens is 452 g/mol. The van der Waals surface area contributed by atoms with Crippen LogP contribution in [0.5, 0.6) is 5.75 Å². The minimum atomic E-state index is -0.301. The van der Waals surface area contributed by atoms with Crippen molar-refractivity contribution in [2.24, 2.45) is 4.99 Å². The van der Waals surface area contributed by atoms with Crippen LogP contribution in [0.25, 0.3) is 11.8 Å². The Morgan fingerprint density at radius 1 is 1.03 bits per heavy atom. The predicted octanol–water partition coefficient (Wildman–Crippen LogP) is 4.68. The Morgan fingerprint density at radius 3 is 2.70 bits per heavy atom. The van der Waals surface area contributed by atoms with Gasteiger partial charge in [-0.25, -0.2) is 4.99 Å². The third-order valence-corrected chi connectivity index (χ3v) is 7.57. The lowest BCUT2D eigenvalue weighted by atomic mass is 9.83. The Bertz CT molecular complexity index is 1630. The lowest BCUT2D eigenvalue weighted by Crippen LogP contribution is -2.38. The van der Waals surface area contributed by atoms with Gasteiger partial charge in [-0.05, 0) is 59.4 Å². The van der Waals surface area contributed by atoms with E-state index in [2.05, 4.69) is 18.2 Å². The number of aromatic nitrogens is 1. The third-order valence-electron chi connectivity index (χ3n) is 6.24. The Kier molecular flexibility index (Phi) is 4.82. The van der Waals surface area contributed by atoms with Gasteiger partial charge >= 0.3 is 0 Å². The summed E-state index contributed by atoms with van der Waals surface area (Å²) in [6, 6.07) is 22.7. The number of hydrogen-bond acceptors (Lipinski definition) is 4. The van der Waals surface area contributed by atoms with Gasteiger partial charge in [0.05, 0.1) is 16.3 Å². The molecule has 3 aromatic carbocycles. The molecule has 0 amide bonds. The standard InChI is InChI=1S/C27H19ClN2O2S/c28-22-11-4-3-10-20(22)25-21-13-12-17-7-1-2-9-19(17)24(21)29-27-30(25)26(32)23(33-27)15-16-6-5-8-18(31)14-16/h1-11,14-15,25,31H,12-13H2/b23-15-. The molecule has 2 aliphatic rings. The molecule has 0 saturated carbocycles. The lowest BCUT2D eigenvalue weighted by molar-refractivity contribution is 0.475. The van der Waals surface area contributed by atoms with Gasteiger partial charge in [-0.15, -0.1) is 0 Å². The first kappa shape index (κ1) is 20.2. The van der Waals surface area contributed by atoms with Crippen molar-refractivity contribution in [3.05, 3.63) is 125 Å². The molecule has 0 bridgehead atoms. The molecule has 162 valence electrons. The van der Waals surface area contributed by atoms with Crippen LogP contribution in [0.1, 0.15) is 34.7 Å². The van der Waals surface area contributed by atoms with Gasteiger partial charge in [-0.3, -0.25) is 9.36 Å². The number of halogens is 1. The number of benzene rings is 3. The molecule has 0 fully saturated rings. The average Bonchev–Trinajstić information content (AvgIpc) is 3.13. The van der Waals surface area contributed by atoms with Crippen molar-refractivity contribution in [1.82, 2.24) is 4.57 Å². The number of fused-ring (bicyclic) bond motifs is 3. The molecule has 1 aliphatic heterocycles. The molecular formula is C27H19ClN2O2S. The normalized spacial score (nSPS) is 17.2. The Morgan fingerprint density at radius 2 is 1.85 bits per heavy atom. The van der Waals surface area contributed by atoms with Crippen molar-refractivity contribution in [2.75, 3.05) is 0 Å². The van der Waals surface area contributed by atoms with Crippen LogP contribution in [-0.4, -0.2) is 9.67 Å². The van der Waals surface area contributed by atoms with Gasteiger partial charge < -0.3 is 5.11 Å². The van der Waals surface area contributed by atoms with Crippen molar-refractivity contribution in [1.29, 1.82) is 0 Å². The molecule has 4 aromatic rings. The molecule has 0 radical (unpaired) electrons. The lowest BCUT2D eigenvalue weighted by Gasteiger charge is -2.31. The van der Waals surface area contributed by atoms with E-state index in [1.165, 1.54) is 16.9 Å². The monoisotopic (exact) mass is 470 g/mol. The van der Waals surface area contributed by atoms with Crippen molar-refractivity contribution in [3.8, 4) is 5.75 Å². The maximum atomic E-state index is 13.7. The van der Waals surface area contributed by atoms with Gasteiger partial charge in [0.1, 0.15) is 5.75 Å². The number of allylic oxidation sites excluding steroid dienone is 1. The van der Waals surface area contributed by atoms with Crippen LogP contribution >= 0.6 is 22.9 Å². The maximum absolute atomic E-state index is 13.7. The number of nitrogens with zero attached hydrogens (tertiary/aromatic N) is 2. The fourth-order valence-electron chi connectivity index (χ4n) is 4.76. The van der Waals surface area contributed by atoms with Gasteiger partial charge in [0.2, 0.25) is 0 Å². The molecule has 1 aliphatic carbocycles. The van der Waals surface area contributed by atoms with E-state index in [-0.39, 0.29) is 17.4 Å². The number of rotatable bonds is 2. The van der Waals surface area contributed by atoms with Crippen molar-refractivity contribution in [2.45, 2.75) is 18.9 Å². The molecule has 0 spiro atoms. The van der Waals surface area contributed by atoms with Gasteiger partial charge in [0, 0.05) is 10.6 Å². The first-order valence-corrected chi connectivity index (χ1v) is 12.0. The summed E-state index contributed by atoms with van der Waals surface area (Å²) < 4.78 is 2.36. The highest BCUT2D eigenvalue weighted by molar-refractivity contribution is 7.07. The van der Waals surface area contributed by atoms with E-state index in [0.717, 1.165) is 40.8 Å². The van der Waals surface area contributed by atoms with Crippen molar-refractivity contribution < 1.29 is 5.11 Å². The molecule has 4 nitrogen and oxygen atoms in total. The Balaban J connectivity index is 1.65. The number of phenolic OH excluding ortho intramolecular Hbond substituents is 1. The SMILES string of the molecule is O=c1/c(=C/c2cccc(O)c2)sc2n1C(c1ccccc1Cl)C1=C(N=2)c2ccccc2CC1. The summed E-state index contributed by atoms with van der Waals surface area (Å²) in [6.07, 6.45) is 3.53. The minimum absolute atomic E-state index is 0.0996. The first-order valence-electron chi connectivity index (χ1n) is 10.8. The average molecular weight is 471 g/mol. The highest BCUT2D eigenvalue weighted by atomic mass is 35.5. The summed E-state index contributed by atoms with van der Waals surface area (Å²) in [5.74, 6) is 0.164. The molecule has 6 heteroatoms. The maximum Gasteiger partial charge on any atom is 0.271 e. The van der Waals surface area contributed by atoms with E-state index < -0.39 is 0 Å². The zero-order chi connectivity index (χ0) is 22.5. The molecule has 33 heavy (non-hydrogen) atoms. The van der Waals surface area contributed by atoms with Crippen LogP contribution in [0.3, 0.4) is 0 Å².